The molecule has 1 saturated carbocycles. The summed E-state index contributed by atoms with van der Waals surface area (Å²) in [5.74, 6) is 0.864. The Hall–Kier alpha value is -1.12. The van der Waals surface area contributed by atoms with Gasteiger partial charge in [0, 0.05) is 38.6 Å². The minimum absolute atomic E-state index is 0.0452. The normalized spacial score (nSPS) is 20.2. The molecule has 172 valence electrons. The SMILES string of the molecule is CNCCOCCCSC1CC(=O)N(CCCCCC(=O)NC2CCCCC2)C1=O. The Labute approximate surface area is 185 Å². The largest absolute Gasteiger partial charge is 0.380 e. The van der Waals surface area contributed by atoms with Crippen LogP contribution in [-0.2, 0) is 19.1 Å². The highest BCUT2D eigenvalue weighted by Crippen LogP contribution is 2.26. The van der Waals surface area contributed by atoms with Crippen LogP contribution in [-0.4, -0.2) is 73.0 Å². The Morgan fingerprint density at radius 3 is 2.67 bits per heavy atom. The van der Waals surface area contributed by atoms with Gasteiger partial charge in [-0.2, -0.15) is 0 Å². The van der Waals surface area contributed by atoms with Crippen LogP contribution < -0.4 is 10.6 Å². The lowest BCUT2D eigenvalue weighted by Gasteiger charge is -2.22. The van der Waals surface area contributed by atoms with Crippen molar-refractivity contribution in [3.05, 3.63) is 0 Å². The van der Waals surface area contributed by atoms with Crippen molar-refractivity contribution >= 4 is 29.5 Å². The number of nitrogens with zero attached hydrogens (tertiary/aromatic N) is 1. The van der Waals surface area contributed by atoms with Crippen molar-refractivity contribution in [2.24, 2.45) is 0 Å². The fraction of sp³-hybridized carbons (Fsp3) is 0.864. The summed E-state index contributed by atoms with van der Waals surface area (Å²) in [4.78, 5) is 38.1. The molecule has 0 radical (unpaired) electrons. The second-order valence-corrected chi connectivity index (χ2v) is 9.54. The van der Waals surface area contributed by atoms with Gasteiger partial charge in [-0.05, 0) is 44.9 Å². The van der Waals surface area contributed by atoms with Gasteiger partial charge in [0.25, 0.3) is 0 Å². The van der Waals surface area contributed by atoms with E-state index in [4.69, 9.17) is 4.74 Å². The van der Waals surface area contributed by atoms with Crippen molar-refractivity contribution < 1.29 is 19.1 Å². The van der Waals surface area contributed by atoms with Gasteiger partial charge in [0.15, 0.2) is 0 Å². The summed E-state index contributed by atoms with van der Waals surface area (Å²) in [5.41, 5.74) is 0. The highest BCUT2D eigenvalue weighted by molar-refractivity contribution is 8.00. The summed E-state index contributed by atoms with van der Waals surface area (Å²) >= 11 is 1.57. The molecule has 1 aliphatic carbocycles. The van der Waals surface area contributed by atoms with E-state index in [9.17, 15) is 14.4 Å². The van der Waals surface area contributed by atoms with Crippen molar-refractivity contribution in [3.8, 4) is 0 Å². The summed E-state index contributed by atoms with van der Waals surface area (Å²) < 4.78 is 5.48. The van der Waals surface area contributed by atoms with E-state index in [1.54, 1.807) is 11.8 Å². The van der Waals surface area contributed by atoms with Crippen LogP contribution in [0.4, 0.5) is 0 Å². The Balaban J connectivity index is 1.52. The maximum Gasteiger partial charge on any atom is 0.242 e. The lowest BCUT2D eigenvalue weighted by Crippen LogP contribution is -2.36. The van der Waals surface area contributed by atoms with Crippen LogP contribution >= 0.6 is 11.8 Å². The van der Waals surface area contributed by atoms with Crippen LogP contribution in [0.15, 0.2) is 0 Å². The first kappa shape index (κ1) is 25.1. The molecule has 2 aliphatic rings. The number of likely N-dealkylation sites (N-methyl/N-ethyl adjacent to an activating group) is 1. The minimum atomic E-state index is -0.240. The second-order valence-electron chi connectivity index (χ2n) is 8.23. The molecule has 3 amide bonds. The number of ether oxygens (including phenoxy) is 1. The van der Waals surface area contributed by atoms with Crippen LogP contribution in [0.5, 0.6) is 0 Å². The molecular weight excluding hydrogens is 402 g/mol. The van der Waals surface area contributed by atoms with E-state index in [1.165, 1.54) is 24.2 Å². The zero-order valence-electron chi connectivity index (χ0n) is 18.5. The topological polar surface area (TPSA) is 87.7 Å². The van der Waals surface area contributed by atoms with E-state index in [-0.39, 0.29) is 23.0 Å². The Morgan fingerprint density at radius 2 is 1.90 bits per heavy atom. The molecule has 2 fully saturated rings. The Kier molecular flexibility index (Phi) is 12.4. The van der Waals surface area contributed by atoms with Crippen LogP contribution in [0.3, 0.4) is 0 Å². The second kappa shape index (κ2) is 14.8. The van der Waals surface area contributed by atoms with Gasteiger partial charge in [-0.15, -0.1) is 11.8 Å². The standard InChI is InChI=1S/C22H39N3O4S/c1-23-12-15-29-14-8-16-30-19-17-21(27)25(22(19)28)13-7-3-6-11-20(26)24-18-9-4-2-5-10-18/h18-19,23H,2-17H2,1H3,(H,24,26). The first-order chi connectivity index (χ1) is 14.6. The summed E-state index contributed by atoms with van der Waals surface area (Å²) in [6, 6.07) is 0.362. The summed E-state index contributed by atoms with van der Waals surface area (Å²) in [6.07, 6.45) is 10.1. The van der Waals surface area contributed by atoms with Gasteiger partial charge in [0.05, 0.1) is 11.9 Å². The van der Waals surface area contributed by atoms with E-state index < -0.39 is 0 Å². The number of carbonyl (C=O) groups excluding carboxylic acids is 3. The molecule has 0 aromatic rings. The number of rotatable bonds is 15. The van der Waals surface area contributed by atoms with Crippen LogP contribution in [0, 0.1) is 0 Å². The molecule has 1 aliphatic heterocycles. The Bertz CT molecular complexity index is 540. The van der Waals surface area contributed by atoms with Crippen LogP contribution in [0.1, 0.15) is 70.6 Å². The molecule has 1 heterocycles. The molecule has 8 heteroatoms. The third-order valence-corrected chi connectivity index (χ3v) is 7.00. The van der Waals surface area contributed by atoms with Crippen molar-refractivity contribution in [3.63, 3.8) is 0 Å². The van der Waals surface area contributed by atoms with Crippen molar-refractivity contribution in [2.75, 3.05) is 39.1 Å². The molecule has 0 spiro atoms. The predicted molar refractivity (Wildman–Crippen MR) is 120 cm³/mol. The maximum absolute atomic E-state index is 12.5. The van der Waals surface area contributed by atoms with Gasteiger partial charge >= 0.3 is 0 Å². The number of carbonyl (C=O) groups is 3. The highest BCUT2D eigenvalue weighted by atomic mass is 32.2. The molecule has 1 saturated heterocycles. The lowest BCUT2D eigenvalue weighted by atomic mass is 9.95. The lowest BCUT2D eigenvalue weighted by molar-refractivity contribution is -0.138. The number of unbranched alkanes of at least 4 members (excludes halogenated alkanes) is 2. The fourth-order valence-electron chi connectivity index (χ4n) is 3.96. The number of imide groups is 1. The summed E-state index contributed by atoms with van der Waals surface area (Å²) in [7, 11) is 1.89. The average molecular weight is 442 g/mol. The average Bonchev–Trinajstić information content (AvgIpc) is 3.01. The van der Waals surface area contributed by atoms with Crippen molar-refractivity contribution in [1.29, 1.82) is 0 Å². The molecule has 2 N–H and O–H groups in total. The number of hydrogen-bond donors (Lipinski definition) is 2. The third-order valence-electron chi connectivity index (χ3n) is 5.71. The van der Waals surface area contributed by atoms with Crippen LogP contribution in [0.2, 0.25) is 0 Å². The molecule has 7 nitrogen and oxygen atoms in total. The number of nitrogens with one attached hydrogen (secondary N) is 2. The monoisotopic (exact) mass is 441 g/mol. The first-order valence-corrected chi connectivity index (χ1v) is 12.6. The number of likely N-dealkylation sites (tertiary alicyclic amines) is 1. The third kappa shape index (κ3) is 9.35. The van der Waals surface area contributed by atoms with E-state index in [0.717, 1.165) is 50.8 Å². The van der Waals surface area contributed by atoms with E-state index in [2.05, 4.69) is 10.6 Å². The Morgan fingerprint density at radius 1 is 1.10 bits per heavy atom. The van der Waals surface area contributed by atoms with Gasteiger partial charge in [0.2, 0.25) is 17.7 Å². The number of amides is 3. The molecule has 1 unspecified atom stereocenters. The molecule has 0 aromatic carbocycles. The smallest absolute Gasteiger partial charge is 0.242 e. The van der Waals surface area contributed by atoms with Gasteiger partial charge in [-0.25, -0.2) is 0 Å². The van der Waals surface area contributed by atoms with Gasteiger partial charge < -0.3 is 15.4 Å². The van der Waals surface area contributed by atoms with Gasteiger partial charge in [-0.1, -0.05) is 25.7 Å². The minimum Gasteiger partial charge on any atom is -0.380 e. The zero-order valence-corrected chi connectivity index (χ0v) is 19.3. The summed E-state index contributed by atoms with van der Waals surface area (Å²) in [6.45, 7) is 2.69. The molecule has 1 atom stereocenters. The molecule has 0 aromatic heterocycles. The van der Waals surface area contributed by atoms with Gasteiger partial charge in [0.1, 0.15) is 0 Å². The van der Waals surface area contributed by atoms with E-state index in [0.29, 0.717) is 38.6 Å². The molecule has 0 bridgehead atoms. The van der Waals surface area contributed by atoms with Gasteiger partial charge in [-0.3, -0.25) is 19.3 Å². The maximum atomic E-state index is 12.5. The zero-order chi connectivity index (χ0) is 21.6. The van der Waals surface area contributed by atoms with Crippen LogP contribution in [0.25, 0.3) is 0 Å². The highest BCUT2D eigenvalue weighted by Gasteiger charge is 2.38. The van der Waals surface area contributed by atoms with Crippen molar-refractivity contribution in [2.45, 2.75) is 81.9 Å². The fourth-order valence-corrected chi connectivity index (χ4v) is 5.06. The van der Waals surface area contributed by atoms with E-state index >= 15 is 0 Å². The first-order valence-electron chi connectivity index (χ1n) is 11.6. The predicted octanol–water partition coefficient (Wildman–Crippen LogP) is 2.48. The summed E-state index contributed by atoms with van der Waals surface area (Å²) in [5, 5.41) is 5.92. The number of hydrogen-bond acceptors (Lipinski definition) is 6. The van der Waals surface area contributed by atoms with E-state index in [1.807, 2.05) is 7.05 Å². The number of thioether (sulfide) groups is 1. The van der Waals surface area contributed by atoms with Crippen molar-refractivity contribution in [1.82, 2.24) is 15.5 Å². The molecule has 2 rings (SSSR count). The molecule has 30 heavy (non-hydrogen) atoms. The quantitative estimate of drug-likeness (QED) is 0.300. The molecular formula is C22H39N3O4S.